The van der Waals surface area contributed by atoms with Crippen molar-refractivity contribution in [2.24, 2.45) is 0 Å². The molecule has 1 aliphatic rings. The molecule has 0 radical (unpaired) electrons. The molecule has 5 heteroatoms. The Bertz CT molecular complexity index is 1360. The lowest BCUT2D eigenvalue weighted by Gasteiger charge is -2.29. The fraction of sp³-hybridized carbons (Fsp3) is 0.346. The minimum absolute atomic E-state index is 0.0000797. The van der Waals surface area contributed by atoms with Crippen LogP contribution in [0.15, 0.2) is 47.3 Å². The molecule has 4 aromatic rings. The molecule has 3 heterocycles. The molecule has 31 heavy (non-hydrogen) atoms. The lowest BCUT2D eigenvalue weighted by atomic mass is 9.94. The second kappa shape index (κ2) is 7.27. The van der Waals surface area contributed by atoms with Crippen molar-refractivity contribution in [1.82, 2.24) is 19.9 Å². The van der Waals surface area contributed by atoms with E-state index in [-0.39, 0.29) is 11.0 Å². The molecule has 2 aromatic carbocycles. The zero-order valence-electron chi connectivity index (χ0n) is 18.6. The van der Waals surface area contributed by atoms with E-state index in [4.69, 9.17) is 9.97 Å². The Morgan fingerprint density at radius 1 is 1.03 bits per heavy atom. The Hall–Kier alpha value is -3.05. The van der Waals surface area contributed by atoms with Crippen LogP contribution in [-0.4, -0.2) is 26.4 Å². The van der Waals surface area contributed by atoms with Gasteiger partial charge in [0.2, 0.25) is 0 Å². The lowest BCUT2D eigenvalue weighted by Crippen LogP contribution is -2.37. The highest BCUT2D eigenvalue weighted by molar-refractivity contribution is 5.97. The SMILES string of the molecule is Cc1ccc2nc3ccccc3c(CN3CCc4nc(C(C)(C)C)[nH]c(=O)c4C3)c2c1. The van der Waals surface area contributed by atoms with Crippen molar-refractivity contribution >= 4 is 21.8 Å². The van der Waals surface area contributed by atoms with Crippen molar-refractivity contribution in [2.75, 3.05) is 6.54 Å². The molecule has 0 saturated heterocycles. The van der Waals surface area contributed by atoms with Gasteiger partial charge in [-0.05, 0) is 30.7 Å². The predicted molar refractivity (Wildman–Crippen MR) is 125 cm³/mol. The summed E-state index contributed by atoms with van der Waals surface area (Å²) in [7, 11) is 0. The average Bonchev–Trinajstić information content (AvgIpc) is 2.73. The number of hydrogen-bond acceptors (Lipinski definition) is 4. The average molecular weight is 413 g/mol. The van der Waals surface area contributed by atoms with Gasteiger partial charge in [-0.2, -0.15) is 0 Å². The maximum atomic E-state index is 12.9. The third-order valence-electron chi connectivity index (χ3n) is 6.19. The summed E-state index contributed by atoms with van der Waals surface area (Å²) >= 11 is 0. The second-order valence-corrected chi connectivity index (χ2v) is 9.68. The van der Waals surface area contributed by atoms with Crippen LogP contribution < -0.4 is 5.56 Å². The third-order valence-corrected chi connectivity index (χ3v) is 6.19. The molecule has 0 saturated carbocycles. The van der Waals surface area contributed by atoms with Crippen LogP contribution in [-0.2, 0) is 24.9 Å². The molecule has 0 unspecified atom stereocenters. The zero-order chi connectivity index (χ0) is 21.8. The van der Waals surface area contributed by atoms with Crippen molar-refractivity contribution < 1.29 is 0 Å². The van der Waals surface area contributed by atoms with E-state index in [1.165, 1.54) is 21.9 Å². The molecular formula is C26H28N4O. The first-order valence-corrected chi connectivity index (χ1v) is 10.9. The summed E-state index contributed by atoms with van der Waals surface area (Å²) in [4.78, 5) is 27.9. The summed E-state index contributed by atoms with van der Waals surface area (Å²) in [5.41, 5.74) is 6.13. The molecule has 0 aliphatic carbocycles. The second-order valence-electron chi connectivity index (χ2n) is 9.68. The van der Waals surface area contributed by atoms with Gasteiger partial charge in [0.15, 0.2) is 0 Å². The van der Waals surface area contributed by atoms with E-state index < -0.39 is 0 Å². The van der Waals surface area contributed by atoms with E-state index in [1.54, 1.807) is 0 Å². The van der Waals surface area contributed by atoms with Gasteiger partial charge in [0.1, 0.15) is 5.82 Å². The molecule has 5 rings (SSSR count). The quantitative estimate of drug-likeness (QED) is 0.488. The largest absolute Gasteiger partial charge is 0.310 e. The number of aromatic amines is 1. The number of benzene rings is 2. The molecule has 0 amide bonds. The Labute approximate surface area is 182 Å². The number of rotatable bonds is 2. The summed E-state index contributed by atoms with van der Waals surface area (Å²) in [6.45, 7) is 10.6. The molecule has 0 spiro atoms. The summed E-state index contributed by atoms with van der Waals surface area (Å²) in [5, 5.41) is 2.38. The van der Waals surface area contributed by atoms with Crippen LogP contribution in [0.25, 0.3) is 21.8 Å². The Kier molecular flexibility index (Phi) is 4.67. The molecule has 0 fully saturated rings. The highest BCUT2D eigenvalue weighted by Gasteiger charge is 2.25. The van der Waals surface area contributed by atoms with Gasteiger partial charge < -0.3 is 4.98 Å². The van der Waals surface area contributed by atoms with E-state index in [0.717, 1.165) is 47.6 Å². The highest BCUT2D eigenvalue weighted by Crippen LogP contribution is 2.29. The molecule has 1 N–H and O–H groups in total. The monoisotopic (exact) mass is 412 g/mol. The summed E-state index contributed by atoms with van der Waals surface area (Å²) < 4.78 is 0. The minimum atomic E-state index is -0.169. The molecule has 5 nitrogen and oxygen atoms in total. The lowest BCUT2D eigenvalue weighted by molar-refractivity contribution is 0.242. The molecular weight excluding hydrogens is 384 g/mol. The summed E-state index contributed by atoms with van der Waals surface area (Å²) in [6.07, 6.45) is 0.794. The molecule has 158 valence electrons. The number of para-hydroxylation sites is 1. The maximum absolute atomic E-state index is 12.9. The topological polar surface area (TPSA) is 61.9 Å². The number of fused-ring (bicyclic) bond motifs is 3. The number of nitrogens with zero attached hydrogens (tertiary/aromatic N) is 3. The van der Waals surface area contributed by atoms with Gasteiger partial charge in [-0.3, -0.25) is 9.69 Å². The van der Waals surface area contributed by atoms with Gasteiger partial charge >= 0.3 is 0 Å². The summed E-state index contributed by atoms with van der Waals surface area (Å²) in [6, 6.07) is 14.8. The third kappa shape index (κ3) is 3.63. The van der Waals surface area contributed by atoms with Gasteiger partial charge in [-0.25, -0.2) is 9.97 Å². The van der Waals surface area contributed by atoms with Crippen LogP contribution in [0.4, 0.5) is 0 Å². The van der Waals surface area contributed by atoms with Gasteiger partial charge in [0.05, 0.1) is 22.3 Å². The minimum Gasteiger partial charge on any atom is -0.310 e. The number of aryl methyl sites for hydroxylation is 1. The Balaban J connectivity index is 1.56. The van der Waals surface area contributed by atoms with Crippen LogP contribution in [0.5, 0.6) is 0 Å². The number of nitrogens with one attached hydrogen (secondary N) is 1. The van der Waals surface area contributed by atoms with E-state index in [9.17, 15) is 4.79 Å². The van der Waals surface area contributed by atoms with Gasteiger partial charge in [0.25, 0.3) is 5.56 Å². The smallest absolute Gasteiger partial charge is 0.255 e. The van der Waals surface area contributed by atoms with Crippen LogP contribution in [0.2, 0.25) is 0 Å². The maximum Gasteiger partial charge on any atom is 0.255 e. The van der Waals surface area contributed by atoms with Crippen molar-refractivity contribution in [3.63, 3.8) is 0 Å². The van der Waals surface area contributed by atoms with Gasteiger partial charge in [0, 0.05) is 42.2 Å². The van der Waals surface area contributed by atoms with Crippen LogP contribution in [0, 0.1) is 6.92 Å². The van der Waals surface area contributed by atoms with Crippen LogP contribution in [0.1, 0.15) is 49.0 Å². The number of aromatic nitrogens is 3. The van der Waals surface area contributed by atoms with Gasteiger partial charge in [-0.1, -0.05) is 50.6 Å². The highest BCUT2D eigenvalue weighted by atomic mass is 16.1. The molecule has 0 atom stereocenters. The first-order valence-electron chi connectivity index (χ1n) is 10.9. The van der Waals surface area contributed by atoms with Crippen LogP contribution >= 0.6 is 0 Å². The normalized spacial score (nSPS) is 14.8. The van der Waals surface area contributed by atoms with E-state index in [0.29, 0.717) is 6.54 Å². The number of hydrogen-bond donors (Lipinski definition) is 1. The molecule has 2 aromatic heterocycles. The standard InChI is InChI=1S/C26H28N4O/c1-16-9-10-22-18(13-16)19(17-7-5-6-8-21(17)27-22)14-30-12-11-23-20(15-30)24(31)29-25(28-23)26(2,3)4/h5-10,13H,11-12,14-15H2,1-4H3,(H,28,29,31). The van der Waals surface area contributed by atoms with E-state index >= 15 is 0 Å². The Morgan fingerprint density at radius 2 is 1.81 bits per heavy atom. The zero-order valence-corrected chi connectivity index (χ0v) is 18.6. The first-order chi connectivity index (χ1) is 14.8. The van der Waals surface area contributed by atoms with E-state index in [2.05, 4.69) is 74.0 Å². The van der Waals surface area contributed by atoms with Gasteiger partial charge in [-0.15, -0.1) is 0 Å². The van der Waals surface area contributed by atoms with Crippen molar-refractivity contribution in [1.29, 1.82) is 0 Å². The first kappa shape index (κ1) is 19.9. The number of H-pyrrole nitrogens is 1. The summed E-state index contributed by atoms with van der Waals surface area (Å²) in [5.74, 6) is 0.770. The fourth-order valence-corrected chi connectivity index (χ4v) is 4.46. The van der Waals surface area contributed by atoms with Crippen molar-refractivity contribution in [3.05, 3.63) is 81.0 Å². The van der Waals surface area contributed by atoms with Crippen molar-refractivity contribution in [3.8, 4) is 0 Å². The molecule has 0 bridgehead atoms. The number of pyridine rings is 1. The van der Waals surface area contributed by atoms with Crippen LogP contribution in [0.3, 0.4) is 0 Å². The van der Waals surface area contributed by atoms with Crippen molar-refractivity contribution in [2.45, 2.75) is 52.6 Å². The van der Waals surface area contributed by atoms with E-state index in [1.807, 2.05) is 6.07 Å². The Morgan fingerprint density at radius 3 is 2.61 bits per heavy atom. The fourth-order valence-electron chi connectivity index (χ4n) is 4.46. The predicted octanol–water partition coefficient (Wildman–Crippen LogP) is 4.64. The molecule has 1 aliphatic heterocycles.